The van der Waals surface area contributed by atoms with Crippen molar-refractivity contribution in [1.29, 1.82) is 0 Å². The highest BCUT2D eigenvalue weighted by molar-refractivity contribution is 5.66. The topological polar surface area (TPSA) is 77.8 Å². The molecule has 0 aliphatic heterocycles. The molecule has 0 aromatic rings. The van der Waals surface area contributed by atoms with E-state index in [1.807, 2.05) is 0 Å². The molecule has 4 aliphatic rings. The van der Waals surface area contributed by atoms with Gasteiger partial charge in [0.1, 0.15) is 0 Å². The number of aliphatic carboxylic acids is 1. The molecule has 4 nitrogen and oxygen atoms in total. The van der Waals surface area contributed by atoms with Gasteiger partial charge in [0, 0.05) is 6.42 Å². The second kappa shape index (κ2) is 29.7. The van der Waals surface area contributed by atoms with E-state index >= 15 is 0 Å². The standard InChI is InChI=1S/C60H108O4/c1-6-8-10-12-14-16-18-20-22-24-26-28-30-32-34-36-43-59(63)47-46-57(4)51(48-59)49-60(64,44-37-35-33-31-29-27-25-23-21-19-17-15-13-11-9-7-2)56-53-40-39-52(50(3)38-41-55(61)62)58(53,5)45-42-54(56)57/h20-23,50-54,56,63-64H,6-19,24-49H2,1-5H3,(H,61,62)/t50-,51?,52-,53+,54+,56+,57+,58-,59+,60+/m1/s1. The number of rotatable bonds is 36. The second-order valence-electron chi connectivity index (χ2n) is 23.7. The largest absolute Gasteiger partial charge is 0.481 e. The number of carbonyl (C=O) groups is 1. The Kier molecular flexibility index (Phi) is 25.7. The van der Waals surface area contributed by atoms with Crippen LogP contribution in [0.1, 0.15) is 291 Å². The van der Waals surface area contributed by atoms with Gasteiger partial charge < -0.3 is 15.3 Å². The van der Waals surface area contributed by atoms with Gasteiger partial charge in [-0.2, -0.15) is 0 Å². The number of hydrogen-bond donors (Lipinski definition) is 3. The van der Waals surface area contributed by atoms with E-state index in [-0.39, 0.29) is 17.3 Å². The van der Waals surface area contributed by atoms with E-state index in [9.17, 15) is 20.1 Å². The molecule has 0 spiro atoms. The number of fused-ring (bicyclic) bond motifs is 5. The van der Waals surface area contributed by atoms with Crippen LogP contribution in [0.2, 0.25) is 0 Å². The van der Waals surface area contributed by atoms with Crippen LogP contribution >= 0.6 is 0 Å². The number of carboxylic acid groups (broad SMARTS) is 1. The third kappa shape index (κ3) is 17.4. The number of allylic oxidation sites excluding steroid dienone is 4. The number of hydrogen-bond acceptors (Lipinski definition) is 3. The molecule has 1 unspecified atom stereocenters. The fourth-order valence-electron chi connectivity index (χ4n) is 14.9. The summed E-state index contributed by atoms with van der Waals surface area (Å²) in [6, 6.07) is 0. The summed E-state index contributed by atoms with van der Waals surface area (Å²) < 4.78 is 0. The maximum Gasteiger partial charge on any atom is 0.303 e. The SMILES string of the molecule is CCCCCCCCC=CCCCCCCCC[C@]1(O)CC[C@@]2(C)C(C1)C[C@@](O)(CCCCCCCCC=CCCCCCCCC)[C@H]1[C@@H]3CC[C@H]([C@H](C)CCC(=O)O)[C@@]3(C)CC[C@@H]12. The highest BCUT2D eigenvalue weighted by Crippen LogP contribution is 2.71. The van der Waals surface area contributed by atoms with Gasteiger partial charge in [-0.25, -0.2) is 0 Å². The van der Waals surface area contributed by atoms with Crippen LogP contribution in [-0.4, -0.2) is 32.5 Å². The zero-order valence-electron chi connectivity index (χ0n) is 43.3. The lowest BCUT2D eigenvalue weighted by atomic mass is 9.40. The monoisotopic (exact) mass is 893 g/mol. The molecule has 372 valence electrons. The molecule has 0 heterocycles. The minimum Gasteiger partial charge on any atom is -0.481 e. The average molecular weight is 894 g/mol. The number of carboxylic acids is 1. The molecule has 0 aromatic heterocycles. The van der Waals surface area contributed by atoms with Crippen molar-refractivity contribution in [1.82, 2.24) is 0 Å². The van der Waals surface area contributed by atoms with Gasteiger partial charge in [0.05, 0.1) is 11.2 Å². The molecular weight excluding hydrogens is 785 g/mol. The van der Waals surface area contributed by atoms with Crippen molar-refractivity contribution in [3.63, 3.8) is 0 Å². The molecule has 4 saturated carbocycles. The summed E-state index contributed by atoms with van der Waals surface area (Å²) in [4.78, 5) is 11.6. The predicted octanol–water partition coefficient (Wildman–Crippen LogP) is 18.1. The third-order valence-electron chi connectivity index (χ3n) is 18.9. The van der Waals surface area contributed by atoms with E-state index < -0.39 is 17.2 Å². The molecule has 4 fully saturated rings. The van der Waals surface area contributed by atoms with Crippen LogP contribution in [0.3, 0.4) is 0 Å². The van der Waals surface area contributed by atoms with E-state index in [1.54, 1.807) is 0 Å². The fourth-order valence-corrected chi connectivity index (χ4v) is 14.9. The van der Waals surface area contributed by atoms with Crippen LogP contribution in [0.4, 0.5) is 0 Å². The molecule has 4 rings (SSSR count). The Morgan fingerprint density at radius 2 is 1.00 bits per heavy atom. The first-order valence-electron chi connectivity index (χ1n) is 28.9. The van der Waals surface area contributed by atoms with Crippen molar-refractivity contribution in [2.75, 3.05) is 0 Å². The summed E-state index contributed by atoms with van der Waals surface area (Å²) in [7, 11) is 0. The van der Waals surface area contributed by atoms with Crippen LogP contribution < -0.4 is 0 Å². The summed E-state index contributed by atoms with van der Waals surface area (Å²) in [5.74, 6) is 2.03. The molecule has 0 bridgehead atoms. The van der Waals surface area contributed by atoms with Crippen LogP contribution in [0.15, 0.2) is 24.3 Å². The molecule has 0 saturated heterocycles. The maximum atomic E-state index is 13.3. The van der Waals surface area contributed by atoms with Gasteiger partial charge in [-0.05, 0) is 168 Å². The van der Waals surface area contributed by atoms with Crippen molar-refractivity contribution in [3.8, 4) is 0 Å². The lowest BCUT2D eigenvalue weighted by Crippen LogP contribution is -2.64. The molecule has 4 heteroatoms. The molecule has 0 radical (unpaired) electrons. The highest BCUT2D eigenvalue weighted by atomic mass is 16.4. The van der Waals surface area contributed by atoms with Gasteiger partial charge in [0.2, 0.25) is 0 Å². The Bertz CT molecular complexity index is 1310. The van der Waals surface area contributed by atoms with Gasteiger partial charge >= 0.3 is 5.97 Å². The predicted molar refractivity (Wildman–Crippen MR) is 275 cm³/mol. The zero-order chi connectivity index (χ0) is 46.2. The first-order chi connectivity index (χ1) is 30.9. The van der Waals surface area contributed by atoms with E-state index in [1.165, 1.54) is 193 Å². The summed E-state index contributed by atoms with van der Waals surface area (Å²) in [5, 5.41) is 35.1. The Morgan fingerprint density at radius 3 is 1.50 bits per heavy atom. The molecule has 4 aliphatic carbocycles. The average Bonchev–Trinajstić information content (AvgIpc) is 3.63. The van der Waals surface area contributed by atoms with Crippen molar-refractivity contribution in [3.05, 3.63) is 24.3 Å². The third-order valence-corrected chi connectivity index (χ3v) is 18.9. The van der Waals surface area contributed by atoms with Crippen LogP contribution in [0, 0.1) is 46.3 Å². The van der Waals surface area contributed by atoms with Crippen LogP contribution in [0.5, 0.6) is 0 Å². The lowest BCUT2D eigenvalue weighted by Gasteiger charge is -2.66. The molecular formula is C60H108O4. The van der Waals surface area contributed by atoms with Crippen molar-refractivity contribution in [2.45, 2.75) is 303 Å². The fraction of sp³-hybridized carbons (Fsp3) is 0.917. The molecule has 0 aromatic carbocycles. The van der Waals surface area contributed by atoms with Gasteiger partial charge in [0.25, 0.3) is 0 Å². The van der Waals surface area contributed by atoms with Crippen LogP contribution in [-0.2, 0) is 4.79 Å². The first kappa shape index (κ1) is 55.5. The Hall–Kier alpha value is -1.13. The Labute approximate surface area is 397 Å². The summed E-state index contributed by atoms with van der Waals surface area (Å²) in [6.45, 7) is 12.0. The zero-order valence-corrected chi connectivity index (χ0v) is 43.3. The van der Waals surface area contributed by atoms with E-state index in [0.29, 0.717) is 35.5 Å². The summed E-state index contributed by atoms with van der Waals surface area (Å²) >= 11 is 0. The molecule has 3 N–H and O–H groups in total. The maximum absolute atomic E-state index is 13.3. The molecule has 0 amide bonds. The second-order valence-corrected chi connectivity index (χ2v) is 23.7. The van der Waals surface area contributed by atoms with Gasteiger partial charge in [-0.1, -0.05) is 187 Å². The van der Waals surface area contributed by atoms with Crippen molar-refractivity contribution >= 4 is 5.97 Å². The van der Waals surface area contributed by atoms with Crippen LogP contribution in [0.25, 0.3) is 0 Å². The van der Waals surface area contributed by atoms with E-state index in [0.717, 1.165) is 57.8 Å². The highest BCUT2D eigenvalue weighted by Gasteiger charge is 2.67. The lowest BCUT2D eigenvalue weighted by molar-refractivity contribution is -0.231. The van der Waals surface area contributed by atoms with Crippen molar-refractivity contribution < 1.29 is 20.1 Å². The molecule has 10 atom stereocenters. The summed E-state index contributed by atoms with van der Waals surface area (Å²) in [6.07, 6.45) is 57.8. The van der Waals surface area contributed by atoms with Gasteiger partial charge in [0.15, 0.2) is 0 Å². The minimum atomic E-state index is -0.670. The van der Waals surface area contributed by atoms with E-state index in [2.05, 4.69) is 58.9 Å². The van der Waals surface area contributed by atoms with E-state index in [4.69, 9.17) is 0 Å². The first-order valence-corrected chi connectivity index (χ1v) is 28.9. The molecule has 64 heavy (non-hydrogen) atoms. The number of unbranched alkanes of at least 4 members (excludes halogenated alkanes) is 24. The number of aliphatic hydroxyl groups is 2. The quantitative estimate of drug-likeness (QED) is 0.0433. The Balaban J connectivity index is 1.26. The minimum absolute atomic E-state index is 0.179. The van der Waals surface area contributed by atoms with Gasteiger partial charge in [-0.3, -0.25) is 4.79 Å². The smallest absolute Gasteiger partial charge is 0.303 e. The normalized spacial score (nSPS) is 32.0. The summed E-state index contributed by atoms with van der Waals surface area (Å²) in [5.41, 5.74) is -0.880. The van der Waals surface area contributed by atoms with Gasteiger partial charge in [-0.15, -0.1) is 0 Å². The van der Waals surface area contributed by atoms with Crippen molar-refractivity contribution in [2.24, 2.45) is 46.3 Å². The Morgan fingerprint density at radius 1 is 0.547 bits per heavy atom.